The minimum atomic E-state index is -0.223. The standard InChI is InChI=1S/C26H29BrN2O2S/c1-16(2)29-22-11-8-19(12-21(22)17(3)14-26(29,4)5)13-23-24(30)28(25(31)32-23)15-18-6-9-20(27)10-7-18/h6-13,16-17H,14-15H2,1-5H3/b23-13-/t17-/m1/s1. The van der Waals surface area contributed by atoms with Crippen molar-refractivity contribution in [2.75, 3.05) is 4.90 Å². The van der Waals surface area contributed by atoms with Gasteiger partial charge in [0.1, 0.15) is 0 Å². The lowest BCUT2D eigenvalue weighted by molar-refractivity contribution is -0.123. The first-order chi connectivity index (χ1) is 15.1. The zero-order chi connectivity index (χ0) is 23.2. The molecule has 2 aromatic carbocycles. The summed E-state index contributed by atoms with van der Waals surface area (Å²) < 4.78 is 0.969. The lowest BCUT2D eigenvalue weighted by atomic mass is 9.79. The van der Waals surface area contributed by atoms with E-state index in [1.807, 2.05) is 30.3 Å². The van der Waals surface area contributed by atoms with Crippen LogP contribution in [0.3, 0.4) is 0 Å². The molecule has 0 saturated carbocycles. The van der Waals surface area contributed by atoms with E-state index in [0.717, 1.165) is 33.8 Å². The van der Waals surface area contributed by atoms with Gasteiger partial charge in [0.25, 0.3) is 11.1 Å². The predicted octanol–water partition coefficient (Wildman–Crippen LogP) is 7.19. The molecular formula is C26H29BrN2O2S. The van der Waals surface area contributed by atoms with Crippen LogP contribution in [0.1, 0.15) is 63.6 Å². The first-order valence-corrected chi connectivity index (χ1v) is 12.6. The molecule has 2 aliphatic heterocycles. The van der Waals surface area contributed by atoms with Crippen molar-refractivity contribution in [1.29, 1.82) is 0 Å². The van der Waals surface area contributed by atoms with Crippen molar-refractivity contribution >= 4 is 50.6 Å². The summed E-state index contributed by atoms with van der Waals surface area (Å²) in [4.78, 5) is 29.8. The largest absolute Gasteiger partial charge is 0.364 e. The van der Waals surface area contributed by atoms with Gasteiger partial charge < -0.3 is 4.90 Å². The third-order valence-electron chi connectivity index (χ3n) is 6.24. The molecule has 1 fully saturated rings. The number of fused-ring (bicyclic) bond motifs is 1. The smallest absolute Gasteiger partial charge is 0.293 e. The summed E-state index contributed by atoms with van der Waals surface area (Å²) in [5.41, 5.74) is 4.56. The van der Waals surface area contributed by atoms with E-state index >= 15 is 0 Å². The van der Waals surface area contributed by atoms with Gasteiger partial charge in [-0.1, -0.05) is 41.1 Å². The molecule has 0 unspecified atom stereocenters. The highest BCUT2D eigenvalue weighted by Crippen LogP contribution is 2.45. The normalized spacial score (nSPS) is 21.6. The third-order valence-corrected chi connectivity index (χ3v) is 7.68. The Bertz CT molecular complexity index is 1090. The van der Waals surface area contributed by atoms with Crippen LogP contribution in [0.15, 0.2) is 51.8 Å². The number of carbonyl (C=O) groups is 2. The Kier molecular flexibility index (Phi) is 6.29. The number of rotatable bonds is 4. The van der Waals surface area contributed by atoms with Crippen molar-refractivity contribution in [1.82, 2.24) is 4.90 Å². The van der Waals surface area contributed by atoms with E-state index in [9.17, 15) is 9.59 Å². The molecule has 1 atom stereocenters. The number of nitrogens with zero attached hydrogens (tertiary/aromatic N) is 2. The molecule has 0 bridgehead atoms. The van der Waals surface area contributed by atoms with E-state index in [-0.39, 0.29) is 23.2 Å². The van der Waals surface area contributed by atoms with Crippen LogP contribution in [0.4, 0.5) is 10.5 Å². The molecule has 4 nitrogen and oxygen atoms in total. The molecule has 32 heavy (non-hydrogen) atoms. The zero-order valence-electron chi connectivity index (χ0n) is 19.2. The van der Waals surface area contributed by atoms with Gasteiger partial charge in [-0.25, -0.2) is 0 Å². The molecule has 4 rings (SSSR count). The second kappa shape index (κ2) is 8.71. The quantitative estimate of drug-likeness (QED) is 0.406. The Morgan fingerprint density at radius 1 is 1.16 bits per heavy atom. The highest BCUT2D eigenvalue weighted by Gasteiger charge is 2.38. The molecule has 0 spiro atoms. The molecule has 2 heterocycles. The number of anilines is 1. The first-order valence-electron chi connectivity index (χ1n) is 11.0. The van der Waals surface area contributed by atoms with Crippen LogP contribution < -0.4 is 4.90 Å². The molecule has 168 valence electrons. The molecule has 0 aromatic heterocycles. The Balaban J connectivity index is 1.61. The van der Waals surface area contributed by atoms with Gasteiger partial charge in [0.05, 0.1) is 11.4 Å². The SMILES string of the molecule is CC(C)N1c2ccc(/C=C3\SC(=O)N(Cc4ccc(Br)cc4)C3=O)cc2[C@H](C)CC1(C)C. The van der Waals surface area contributed by atoms with Gasteiger partial charge in [0.2, 0.25) is 0 Å². The van der Waals surface area contributed by atoms with E-state index < -0.39 is 0 Å². The average Bonchev–Trinajstić information content (AvgIpc) is 2.96. The van der Waals surface area contributed by atoms with E-state index in [0.29, 0.717) is 16.9 Å². The second-order valence-electron chi connectivity index (χ2n) is 9.59. The summed E-state index contributed by atoms with van der Waals surface area (Å²) in [7, 11) is 0. The van der Waals surface area contributed by atoms with Gasteiger partial charge in [0.15, 0.2) is 0 Å². The number of thioether (sulfide) groups is 1. The average molecular weight is 514 g/mol. The molecular weight excluding hydrogens is 484 g/mol. The van der Waals surface area contributed by atoms with Gasteiger partial charge >= 0.3 is 0 Å². The van der Waals surface area contributed by atoms with E-state index in [1.165, 1.54) is 16.2 Å². The fourth-order valence-electron chi connectivity index (χ4n) is 5.10. The Hall–Kier alpha value is -2.05. The van der Waals surface area contributed by atoms with Crippen LogP contribution in [-0.4, -0.2) is 27.6 Å². The van der Waals surface area contributed by atoms with Crippen molar-refractivity contribution in [3.8, 4) is 0 Å². The topological polar surface area (TPSA) is 40.6 Å². The fraction of sp³-hybridized carbons (Fsp3) is 0.385. The Labute approximate surface area is 203 Å². The van der Waals surface area contributed by atoms with Gasteiger partial charge in [-0.2, -0.15) is 0 Å². The molecule has 2 aromatic rings. The molecule has 6 heteroatoms. The van der Waals surface area contributed by atoms with Crippen molar-refractivity contribution in [2.24, 2.45) is 0 Å². The molecule has 1 saturated heterocycles. The molecule has 0 radical (unpaired) electrons. The zero-order valence-corrected chi connectivity index (χ0v) is 21.6. The minimum absolute atomic E-state index is 0.0950. The molecule has 2 aliphatic rings. The highest BCUT2D eigenvalue weighted by atomic mass is 79.9. The van der Waals surface area contributed by atoms with Crippen LogP contribution in [0.2, 0.25) is 0 Å². The summed E-state index contributed by atoms with van der Waals surface area (Å²) in [5.74, 6) is 0.203. The number of benzene rings is 2. The van der Waals surface area contributed by atoms with E-state index in [4.69, 9.17) is 0 Å². The van der Waals surface area contributed by atoms with Crippen LogP contribution in [0.5, 0.6) is 0 Å². The van der Waals surface area contributed by atoms with E-state index in [1.54, 1.807) is 0 Å². The number of halogens is 1. The van der Waals surface area contributed by atoms with Gasteiger partial charge in [-0.3, -0.25) is 14.5 Å². The van der Waals surface area contributed by atoms with Gasteiger partial charge in [0, 0.05) is 21.7 Å². The van der Waals surface area contributed by atoms with Crippen molar-refractivity contribution in [3.05, 3.63) is 68.5 Å². The maximum Gasteiger partial charge on any atom is 0.293 e. The molecule has 0 aliphatic carbocycles. The number of amides is 2. The highest BCUT2D eigenvalue weighted by molar-refractivity contribution is 9.10. The second-order valence-corrected chi connectivity index (χ2v) is 11.5. The van der Waals surface area contributed by atoms with E-state index in [2.05, 4.69) is 73.6 Å². The summed E-state index contributed by atoms with van der Waals surface area (Å²) in [6, 6.07) is 14.5. The molecule has 0 N–H and O–H groups in total. The van der Waals surface area contributed by atoms with Crippen LogP contribution in [0.25, 0.3) is 6.08 Å². The van der Waals surface area contributed by atoms with Gasteiger partial charge in [-0.15, -0.1) is 0 Å². The van der Waals surface area contributed by atoms with Crippen LogP contribution in [0, 0.1) is 0 Å². The number of imide groups is 1. The Morgan fingerprint density at radius 3 is 2.50 bits per heavy atom. The maximum atomic E-state index is 13.0. The fourth-order valence-corrected chi connectivity index (χ4v) is 6.20. The summed E-state index contributed by atoms with van der Waals surface area (Å²) in [6.07, 6.45) is 2.93. The minimum Gasteiger partial charge on any atom is -0.364 e. The lowest BCUT2D eigenvalue weighted by Crippen LogP contribution is -2.51. The van der Waals surface area contributed by atoms with Crippen LogP contribution >= 0.6 is 27.7 Å². The number of hydrogen-bond acceptors (Lipinski definition) is 4. The van der Waals surface area contributed by atoms with Crippen LogP contribution in [-0.2, 0) is 11.3 Å². The van der Waals surface area contributed by atoms with Gasteiger partial charge in [-0.05, 0) is 98.8 Å². The Morgan fingerprint density at radius 2 is 1.84 bits per heavy atom. The molecule has 2 amide bonds. The number of carbonyl (C=O) groups excluding carboxylic acids is 2. The maximum absolute atomic E-state index is 13.0. The summed E-state index contributed by atoms with van der Waals surface area (Å²) in [5, 5.41) is -0.219. The third kappa shape index (κ3) is 4.40. The monoisotopic (exact) mass is 512 g/mol. The van der Waals surface area contributed by atoms with Crippen molar-refractivity contribution in [2.45, 2.75) is 65.1 Å². The first kappa shape index (κ1) is 23.1. The predicted molar refractivity (Wildman–Crippen MR) is 137 cm³/mol. The summed E-state index contributed by atoms with van der Waals surface area (Å²) in [6.45, 7) is 11.6. The van der Waals surface area contributed by atoms with Crippen molar-refractivity contribution < 1.29 is 9.59 Å². The number of hydrogen-bond donors (Lipinski definition) is 0. The van der Waals surface area contributed by atoms with Crippen molar-refractivity contribution in [3.63, 3.8) is 0 Å². The summed E-state index contributed by atoms with van der Waals surface area (Å²) >= 11 is 4.43. The lowest BCUT2D eigenvalue weighted by Gasteiger charge is -2.50.